The Hall–Kier alpha value is -1.89. The average Bonchev–Trinajstić information content (AvgIpc) is 3.30. The van der Waals surface area contributed by atoms with Gasteiger partial charge in [-0.1, -0.05) is 5.16 Å². The molecule has 1 saturated heterocycles. The first-order valence-corrected chi connectivity index (χ1v) is 9.68. The number of amides is 2. The Balaban J connectivity index is 1.32. The van der Waals surface area contributed by atoms with Gasteiger partial charge in [0.05, 0.1) is 6.61 Å². The molecule has 3 aliphatic rings. The summed E-state index contributed by atoms with van der Waals surface area (Å²) in [4.78, 5) is 26.7. The largest absolute Gasteiger partial charge is 0.383 e. The van der Waals surface area contributed by atoms with E-state index in [9.17, 15) is 9.59 Å². The number of ether oxygens (including phenoxy) is 1. The second-order valence-electron chi connectivity index (χ2n) is 7.90. The summed E-state index contributed by atoms with van der Waals surface area (Å²) in [7, 11) is 1.66. The number of rotatable bonds is 6. The van der Waals surface area contributed by atoms with E-state index >= 15 is 0 Å². The van der Waals surface area contributed by atoms with Crippen LogP contribution in [0.1, 0.15) is 73.5 Å². The van der Waals surface area contributed by atoms with Crippen LogP contribution >= 0.6 is 0 Å². The van der Waals surface area contributed by atoms with E-state index in [0.717, 1.165) is 50.7 Å². The Morgan fingerprint density at radius 1 is 1.35 bits per heavy atom. The lowest BCUT2D eigenvalue weighted by Gasteiger charge is -2.43. The zero-order chi connectivity index (χ0) is 18.1. The normalized spacial score (nSPS) is 28.7. The third-order valence-corrected chi connectivity index (χ3v) is 6.19. The minimum Gasteiger partial charge on any atom is -0.383 e. The summed E-state index contributed by atoms with van der Waals surface area (Å²) in [5, 5.41) is 7.01. The van der Waals surface area contributed by atoms with Crippen molar-refractivity contribution in [2.45, 2.75) is 68.9 Å². The second-order valence-corrected chi connectivity index (χ2v) is 7.90. The molecule has 7 nitrogen and oxygen atoms in total. The van der Waals surface area contributed by atoms with E-state index in [1.807, 2.05) is 4.90 Å². The first kappa shape index (κ1) is 17.5. The summed E-state index contributed by atoms with van der Waals surface area (Å²) in [6, 6.07) is 1.91. The predicted octanol–water partition coefficient (Wildman–Crippen LogP) is 2.23. The maximum absolute atomic E-state index is 12.4. The molecule has 4 rings (SSSR count). The number of hydrogen-bond acceptors (Lipinski definition) is 5. The number of nitrogens with zero attached hydrogens (tertiary/aromatic N) is 2. The fourth-order valence-corrected chi connectivity index (χ4v) is 4.45. The summed E-state index contributed by atoms with van der Waals surface area (Å²) in [5.74, 6) is 1.37. The van der Waals surface area contributed by atoms with Crippen molar-refractivity contribution in [1.82, 2.24) is 15.4 Å². The molecule has 1 N–H and O–H groups in total. The average molecular weight is 361 g/mol. The molecule has 2 saturated carbocycles. The van der Waals surface area contributed by atoms with Crippen molar-refractivity contribution in [1.29, 1.82) is 0 Å². The first-order chi connectivity index (χ1) is 12.6. The number of aromatic nitrogens is 1. The Morgan fingerprint density at radius 3 is 2.81 bits per heavy atom. The zero-order valence-corrected chi connectivity index (χ0v) is 15.3. The smallest absolute Gasteiger partial charge is 0.273 e. The zero-order valence-electron chi connectivity index (χ0n) is 15.3. The molecule has 142 valence electrons. The van der Waals surface area contributed by atoms with Crippen LogP contribution in [0.25, 0.3) is 0 Å². The molecule has 7 heteroatoms. The van der Waals surface area contributed by atoms with Crippen molar-refractivity contribution >= 4 is 11.8 Å². The second kappa shape index (κ2) is 7.02. The van der Waals surface area contributed by atoms with Gasteiger partial charge < -0.3 is 19.5 Å². The SMILES string of the molecule is COCCN1C(=O)CCC12CCC(NC(=O)c1cc(C3CC3)on1)CC2. The van der Waals surface area contributed by atoms with Crippen molar-refractivity contribution in [2.24, 2.45) is 0 Å². The van der Waals surface area contributed by atoms with E-state index in [2.05, 4.69) is 10.5 Å². The van der Waals surface area contributed by atoms with E-state index in [0.29, 0.717) is 31.2 Å². The van der Waals surface area contributed by atoms with Gasteiger partial charge in [-0.15, -0.1) is 0 Å². The number of likely N-dealkylation sites (tertiary alicyclic amines) is 1. The van der Waals surface area contributed by atoms with Gasteiger partial charge in [0.2, 0.25) is 5.91 Å². The Bertz CT molecular complexity index is 674. The van der Waals surface area contributed by atoms with Gasteiger partial charge in [0.1, 0.15) is 5.76 Å². The lowest BCUT2D eigenvalue weighted by molar-refractivity contribution is -0.133. The fourth-order valence-electron chi connectivity index (χ4n) is 4.45. The van der Waals surface area contributed by atoms with Crippen LogP contribution in [0.4, 0.5) is 0 Å². The molecule has 2 heterocycles. The molecular formula is C19H27N3O4. The Labute approximate surface area is 153 Å². The highest BCUT2D eigenvalue weighted by atomic mass is 16.5. The highest BCUT2D eigenvalue weighted by molar-refractivity contribution is 5.92. The van der Waals surface area contributed by atoms with Crippen LogP contribution in [-0.4, -0.2) is 53.7 Å². The van der Waals surface area contributed by atoms with Gasteiger partial charge in [0.25, 0.3) is 5.91 Å². The van der Waals surface area contributed by atoms with Crippen molar-refractivity contribution in [2.75, 3.05) is 20.3 Å². The number of methoxy groups -OCH3 is 1. The highest BCUT2D eigenvalue weighted by Crippen LogP contribution is 2.42. The van der Waals surface area contributed by atoms with Gasteiger partial charge in [0.15, 0.2) is 5.69 Å². The Morgan fingerprint density at radius 2 is 2.12 bits per heavy atom. The summed E-state index contributed by atoms with van der Waals surface area (Å²) in [6.07, 6.45) is 7.43. The molecule has 0 radical (unpaired) electrons. The van der Waals surface area contributed by atoms with Crippen LogP contribution in [0.3, 0.4) is 0 Å². The molecule has 1 aliphatic heterocycles. The molecule has 1 aromatic rings. The molecular weight excluding hydrogens is 334 g/mol. The third-order valence-electron chi connectivity index (χ3n) is 6.19. The van der Waals surface area contributed by atoms with Crippen molar-refractivity contribution in [3.8, 4) is 0 Å². The molecule has 26 heavy (non-hydrogen) atoms. The quantitative estimate of drug-likeness (QED) is 0.840. The van der Waals surface area contributed by atoms with Crippen LogP contribution < -0.4 is 5.32 Å². The van der Waals surface area contributed by atoms with E-state index in [1.54, 1.807) is 13.2 Å². The summed E-state index contributed by atoms with van der Waals surface area (Å²) < 4.78 is 10.4. The van der Waals surface area contributed by atoms with Crippen molar-refractivity contribution in [3.63, 3.8) is 0 Å². The summed E-state index contributed by atoms with van der Waals surface area (Å²) >= 11 is 0. The van der Waals surface area contributed by atoms with Gasteiger partial charge in [-0.25, -0.2) is 0 Å². The summed E-state index contributed by atoms with van der Waals surface area (Å²) in [6.45, 7) is 1.23. The molecule has 3 fully saturated rings. The molecule has 0 bridgehead atoms. The summed E-state index contributed by atoms with van der Waals surface area (Å²) in [5.41, 5.74) is 0.342. The van der Waals surface area contributed by atoms with Gasteiger partial charge in [-0.2, -0.15) is 0 Å². The maximum Gasteiger partial charge on any atom is 0.273 e. The van der Waals surface area contributed by atoms with E-state index < -0.39 is 0 Å². The molecule has 1 spiro atoms. The predicted molar refractivity (Wildman–Crippen MR) is 93.8 cm³/mol. The molecule has 2 amide bonds. The lowest BCUT2D eigenvalue weighted by atomic mass is 9.77. The van der Waals surface area contributed by atoms with E-state index in [-0.39, 0.29) is 23.4 Å². The Kier molecular flexibility index (Phi) is 4.73. The van der Waals surface area contributed by atoms with Crippen molar-refractivity contribution < 1.29 is 18.8 Å². The molecule has 2 aliphatic carbocycles. The van der Waals surface area contributed by atoms with Gasteiger partial charge in [0, 0.05) is 43.6 Å². The number of carbonyl (C=O) groups is 2. The lowest BCUT2D eigenvalue weighted by Crippen LogP contribution is -2.52. The fraction of sp³-hybridized carbons (Fsp3) is 0.737. The molecule has 0 aromatic carbocycles. The van der Waals surface area contributed by atoms with Crippen LogP contribution in [-0.2, 0) is 9.53 Å². The number of hydrogen-bond donors (Lipinski definition) is 1. The van der Waals surface area contributed by atoms with E-state index in [4.69, 9.17) is 9.26 Å². The van der Waals surface area contributed by atoms with Crippen LogP contribution in [0.15, 0.2) is 10.6 Å². The number of carbonyl (C=O) groups excluding carboxylic acids is 2. The minimum atomic E-state index is -0.152. The molecule has 0 atom stereocenters. The maximum atomic E-state index is 12.4. The van der Waals surface area contributed by atoms with E-state index in [1.165, 1.54) is 0 Å². The molecule has 1 aromatic heterocycles. The minimum absolute atomic E-state index is 0.0378. The van der Waals surface area contributed by atoms with Crippen LogP contribution in [0.2, 0.25) is 0 Å². The topological polar surface area (TPSA) is 84.7 Å². The van der Waals surface area contributed by atoms with Gasteiger partial charge in [-0.05, 0) is 44.9 Å². The first-order valence-electron chi connectivity index (χ1n) is 9.68. The third kappa shape index (κ3) is 3.37. The monoisotopic (exact) mass is 361 g/mol. The van der Waals surface area contributed by atoms with Crippen molar-refractivity contribution in [3.05, 3.63) is 17.5 Å². The van der Waals surface area contributed by atoms with Gasteiger partial charge >= 0.3 is 0 Å². The highest BCUT2D eigenvalue weighted by Gasteiger charge is 2.47. The molecule has 0 unspecified atom stereocenters. The standard InChI is InChI=1S/C19H27N3O4/c1-25-11-10-22-17(23)6-9-19(22)7-4-14(5-8-19)20-18(24)15-12-16(26-21-15)13-2-3-13/h12-14H,2-11H2,1H3,(H,20,24). The van der Waals surface area contributed by atoms with Crippen LogP contribution in [0, 0.1) is 0 Å². The number of nitrogens with one attached hydrogen (secondary N) is 1. The van der Waals surface area contributed by atoms with Gasteiger partial charge in [-0.3, -0.25) is 9.59 Å². The van der Waals surface area contributed by atoms with Crippen LogP contribution in [0.5, 0.6) is 0 Å².